The van der Waals surface area contributed by atoms with Crippen LogP contribution in [-0.2, 0) is 0 Å². The third-order valence-electron chi connectivity index (χ3n) is 5.62. The summed E-state index contributed by atoms with van der Waals surface area (Å²) in [5, 5.41) is 0. The Kier molecular flexibility index (Phi) is 7.80. The molecule has 0 saturated heterocycles. The number of fused-ring (bicyclic) bond motifs is 1. The number of ketones is 1. The van der Waals surface area contributed by atoms with E-state index in [0.717, 1.165) is 24.2 Å². The number of rotatable bonds is 9. The SMILES string of the molecule is CCN(CC)c1ccc(/C=C/C(=O)c2ccc(OCC=C(C)C)c3c2OC(C)(C)C=C3)cc1. The van der Waals surface area contributed by atoms with Crippen LogP contribution in [0.2, 0.25) is 0 Å². The number of allylic oxidation sites excluding steroid dienone is 2. The van der Waals surface area contributed by atoms with E-state index in [9.17, 15) is 4.79 Å². The van der Waals surface area contributed by atoms with E-state index in [1.54, 1.807) is 12.1 Å². The van der Waals surface area contributed by atoms with Crippen molar-refractivity contribution in [2.75, 3.05) is 24.6 Å². The number of carbonyl (C=O) groups excluding carboxylic acids is 1. The third-order valence-corrected chi connectivity index (χ3v) is 5.62. The highest BCUT2D eigenvalue weighted by atomic mass is 16.5. The van der Waals surface area contributed by atoms with Crippen LogP contribution >= 0.6 is 0 Å². The average molecular weight is 446 g/mol. The van der Waals surface area contributed by atoms with Gasteiger partial charge in [-0.15, -0.1) is 0 Å². The summed E-state index contributed by atoms with van der Waals surface area (Å²) in [6.07, 6.45) is 9.47. The summed E-state index contributed by atoms with van der Waals surface area (Å²) in [4.78, 5) is 15.4. The van der Waals surface area contributed by atoms with Gasteiger partial charge in [-0.2, -0.15) is 0 Å². The van der Waals surface area contributed by atoms with E-state index in [1.807, 2.05) is 70.2 Å². The number of benzene rings is 2. The van der Waals surface area contributed by atoms with Crippen molar-refractivity contribution in [1.82, 2.24) is 0 Å². The molecule has 0 fully saturated rings. The van der Waals surface area contributed by atoms with Crippen LogP contribution in [0.25, 0.3) is 12.2 Å². The molecule has 0 bridgehead atoms. The van der Waals surface area contributed by atoms with Gasteiger partial charge in [0.15, 0.2) is 5.78 Å². The minimum atomic E-state index is -0.495. The van der Waals surface area contributed by atoms with Crippen molar-refractivity contribution < 1.29 is 14.3 Å². The smallest absolute Gasteiger partial charge is 0.189 e. The molecule has 1 aliphatic heterocycles. The molecule has 4 heteroatoms. The Morgan fingerprint density at radius 3 is 2.39 bits per heavy atom. The van der Waals surface area contributed by atoms with E-state index in [2.05, 4.69) is 30.9 Å². The predicted molar refractivity (Wildman–Crippen MR) is 138 cm³/mol. The van der Waals surface area contributed by atoms with Gasteiger partial charge >= 0.3 is 0 Å². The first-order valence-corrected chi connectivity index (χ1v) is 11.6. The lowest BCUT2D eigenvalue weighted by molar-refractivity contribution is 0.103. The molecule has 0 aliphatic carbocycles. The fraction of sp³-hybridized carbons (Fsp3) is 0.345. The molecule has 1 aliphatic rings. The second-order valence-corrected chi connectivity index (χ2v) is 8.95. The van der Waals surface area contributed by atoms with Gasteiger partial charge in [0.25, 0.3) is 0 Å². The standard InChI is InChI=1S/C29H35NO3/c1-7-30(8-2)23-12-9-22(10-13-23)11-15-26(31)24-14-16-27(32-20-18-21(3)4)25-17-19-29(5,6)33-28(24)25/h9-19H,7-8,20H2,1-6H3/b15-11+. The summed E-state index contributed by atoms with van der Waals surface area (Å²) in [6.45, 7) is 14.7. The van der Waals surface area contributed by atoms with Crippen molar-refractivity contribution in [2.45, 2.75) is 47.1 Å². The topological polar surface area (TPSA) is 38.8 Å². The fourth-order valence-electron chi connectivity index (χ4n) is 3.70. The van der Waals surface area contributed by atoms with Crippen LogP contribution in [0.4, 0.5) is 5.69 Å². The molecule has 33 heavy (non-hydrogen) atoms. The van der Waals surface area contributed by atoms with Crippen molar-refractivity contribution in [1.29, 1.82) is 0 Å². The minimum absolute atomic E-state index is 0.0963. The van der Waals surface area contributed by atoms with Gasteiger partial charge in [-0.1, -0.05) is 23.8 Å². The molecule has 0 spiro atoms. The maximum atomic E-state index is 13.1. The Morgan fingerprint density at radius 2 is 1.76 bits per heavy atom. The first-order chi connectivity index (χ1) is 15.7. The lowest BCUT2D eigenvalue weighted by atomic mass is 9.97. The first kappa shape index (κ1) is 24.4. The van der Waals surface area contributed by atoms with E-state index < -0.39 is 5.60 Å². The van der Waals surface area contributed by atoms with Crippen LogP contribution in [0.1, 0.15) is 63.0 Å². The van der Waals surface area contributed by atoms with E-state index in [0.29, 0.717) is 23.7 Å². The lowest BCUT2D eigenvalue weighted by Crippen LogP contribution is -2.28. The van der Waals surface area contributed by atoms with Crippen LogP contribution in [-0.4, -0.2) is 31.1 Å². The molecule has 174 valence electrons. The van der Waals surface area contributed by atoms with Gasteiger partial charge in [-0.25, -0.2) is 0 Å². The van der Waals surface area contributed by atoms with Crippen molar-refractivity contribution >= 4 is 23.6 Å². The Bertz CT molecular complexity index is 1070. The lowest BCUT2D eigenvalue weighted by Gasteiger charge is -2.30. The Balaban J connectivity index is 1.85. The van der Waals surface area contributed by atoms with E-state index in [-0.39, 0.29) is 5.78 Å². The number of anilines is 1. The summed E-state index contributed by atoms with van der Waals surface area (Å²) in [6, 6.07) is 11.9. The molecule has 0 unspecified atom stereocenters. The molecule has 2 aromatic carbocycles. The van der Waals surface area contributed by atoms with Gasteiger partial charge in [-0.05, 0) is 95.7 Å². The summed E-state index contributed by atoms with van der Waals surface area (Å²) >= 11 is 0. The zero-order chi connectivity index (χ0) is 24.0. The quantitative estimate of drug-likeness (QED) is 0.238. The van der Waals surface area contributed by atoms with E-state index >= 15 is 0 Å². The number of carbonyl (C=O) groups is 1. The number of hydrogen-bond acceptors (Lipinski definition) is 4. The molecule has 0 amide bonds. The molecule has 0 N–H and O–H groups in total. The molecule has 4 nitrogen and oxygen atoms in total. The molecule has 2 aromatic rings. The number of hydrogen-bond donors (Lipinski definition) is 0. The molecule has 0 saturated carbocycles. The van der Waals surface area contributed by atoms with Gasteiger partial charge < -0.3 is 14.4 Å². The predicted octanol–water partition coefficient (Wildman–Crippen LogP) is 6.96. The average Bonchev–Trinajstić information content (AvgIpc) is 2.78. The van der Waals surface area contributed by atoms with Gasteiger partial charge in [0.05, 0.1) is 11.1 Å². The molecular formula is C29H35NO3. The Hall–Kier alpha value is -3.27. The van der Waals surface area contributed by atoms with Crippen molar-refractivity contribution in [3.8, 4) is 11.5 Å². The van der Waals surface area contributed by atoms with Gasteiger partial charge in [-0.3, -0.25) is 4.79 Å². The highest BCUT2D eigenvalue weighted by molar-refractivity contribution is 6.09. The largest absolute Gasteiger partial charge is 0.489 e. The fourth-order valence-corrected chi connectivity index (χ4v) is 3.70. The Labute approximate surface area is 198 Å². The number of ether oxygens (including phenoxy) is 2. The highest BCUT2D eigenvalue weighted by Gasteiger charge is 2.27. The summed E-state index contributed by atoms with van der Waals surface area (Å²) in [5.41, 5.74) is 4.20. The monoisotopic (exact) mass is 445 g/mol. The van der Waals surface area contributed by atoms with Crippen LogP contribution < -0.4 is 14.4 Å². The normalized spacial score (nSPS) is 13.9. The van der Waals surface area contributed by atoms with Crippen LogP contribution in [0, 0.1) is 0 Å². The van der Waals surface area contributed by atoms with Crippen molar-refractivity contribution in [3.05, 3.63) is 76.9 Å². The molecular weight excluding hydrogens is 410 g/mol. The van der Waals surface area contributed by atoms with Crippen LogP contribution in [0.3, 0.4) is 0 Å². The summed E-state index contributed by atoms with van der Waals surface area (Å²) in [5.74, 6) is 1.19. The van der Waals surface area contributed by atoms with Crippen molar-refractivity contribution in [3.63, 3.8) is 0 Å². The third kappa shape index (κ3) is 6.16. The maximum Gasteiger partial charge on any atom is 0.189 e. The van der Waals surface area contributed by atoms with Gasteiger partial charge in [0.1, 0.15) is 23.7 Å². The number of nitrogens with zero attached hydrogens (tertiary/aromatic N) is 1. The minimum Gasteiger partial charge on any atom is -0.489 e. The second kappa shape index (κ2) is 10.6. The summed E-state index contributed by atoms with van der Waals surface area (Å²) < 4.78 is 12.2. The molecule has 1 heterocycles. The first-order valence-electron chi connectivity index (χ1n) is 11.6. The Morgan fingerprint density at radius 1 is 1.06 bits per heavy atom. The molecule has 0 aromatic heterocycles. The van der Waals surface area contributed by atoms with Crippen LogP contribution in [0.5, 0.6) is 11.5 Å². The van der Waals surface area contributed by atoms with Crippen LogP contribution in [0.15, 0.2) is 60.2 Å². The van der Waals surface area contributed by atoms with E-state index in [4.69, 9.17) is 9.47 Å². The van der Waals surface area contributed by atoms with E-state index in [1.165, 1.54) is 11.3 Å². The summed E-state index contributed by atoms with van der Waals surface area (Å²) in [7, 11) is 0. The highest BCUT2D eigenvalue weighted by Crippen LogP contribution is 2.40. The van der Waals surface area contributed by atoms with Gasteiger partial charge in [0.2, 0.25) is 0 Å². The van der Waals surface area contributed by atoms with Crippen molar-refractivity contribution in [2.24, 2.45) is 0 Å². The maximum absolute atomic E-state index is 13.1. The molecule has 3 rings (SSSR count). The second-order valence-electron chi connectivity index (χ2n) is 8.95. The van der Waals surface area contributed by atoms with Gasteiger partial charge in [0, 0.05) is 18.8 Å². The zero-order valence-corrected chi connectivity index (χ0v) is 20.6. The molecule has 0 atom stereocenters. The zero-order valence-electron chi connectivity index (χ0n) is 20.6. The molecule has 0 radical (unpaired) electrons.